The molecule has 0 spiro atoms. The second kappa shape index (κ2) is 7.48. The third-order valence-corrected chi connectivity index (χ3v) is 4.64. The minimum absolute atomic E-state index is 0.0135. The van der Waals surface area contributed by atoms with E-state index in [1.54, 1.807) is 31.4 Å². The number of benzene rings is 1. The lowest BCUT2D eigenvalue weighted by atomic mass is 10.2. The van der Waals surface area contributed by atoms with Crippen molar-refractivity contribution in [2.24, 2.45) is 0 Å². The van der Waals surface area contributed by atoms with Gasteiger partial charge in [-0.2, -0.15) is 0 Å². The average Bonchev–Trinajstić information content (AvgIpc) is 3.15. The molecule has 4 aromatic rings. The molecule has 4 rings (SSSR count). The molecule has 0 aliphatic carbocycles. The molecule has 0 radical (unpaired) electrons. The van der Waals surface area contributed by atoms with Crippen LogP contribution in [0.1, 0.15) is 10.4 Å². The van der Waals surface area contributed by atoms with E-state index in [4.69, 9.17) is 0 Å². The number of aromatic amines is 1. The molecule has 0 atom stereocenters. The number of rotatable bonds is 5. The van der Waals surface area contributed by atoms with Crippen molar-refractivity contribution in [2.75, 3.05) is 13.6 Å². The van der Waals surface area contributed by atoms with Crippen LogP contribution in [0.25, 0.3) is 22.4 Å². The Balaban J connectivity index is 1.48. The summed E-state index contributed by atoms with van der Waals surface area (Å²) in [6.07, 6.45) is 4.93. The lowest BCUT2D eigenvalue weighted by Crippen LogP contribution is -2.34. The minimum Gasteiger partial charge on any atom is -0.346 e. The smallest absolute Gasteiger partial charge is 0.264 e. The highest BCUT2D eigenvalue weighted by Crippen LogP contribution is 2.15. The molecular weight excluding hydrogens is 354 g/mol. The molecule has 0 aliphatic rings. The van der Waals surface area contributed by atoms with Crippen LogP contribution in [-0.4, -0.2) is 43.9 Å². The molecule has 7 nitrogen and oxygen atoms in total. The Hall–Kier alpha value is -3.74. The Morgan fingerprint density at radius 1 is 1.11 bits per heavy atom. The van der Waals surface area contributed by atoms with Gasteiger partial charge in [0.1, 0.15) is 11.3 Å². The number of hydrogen-bond donors (Lipinski definition) is 1. The number of fused-ring (bicyclic) bond motifs is 1. The maximum atomic E-state index is 12.7. The van der Waals surface area contributed by atoms with Gasteiger partial charge in [0.25, 0.3) is 11.5 Å². The van der Waals surface area contributed by atoms with Gasteiger partial charge in [0, 0.05) is 44.2 Å². The molecule has 0 saturated heterocycles. The molecule has 28 heavy (non-hydrogen) atoms. The fourth-order valence-corrected chi connectivity index (χ4v) is 3.08. The van der Waals surface area contributed by atoms with E-state index in [2.05, 4.69) is 25.6 Å². The zero-order chi connectivity index (χ0) is 19.5. The van der Waals surface area contributed by atoms with Crippen LogP contribution >= 0.6 is 0 Å². The Labute approximate surface area is 161 Å². The van der Waals surface area contributed by atoms with E-state index < -0.39 is 5.56 Å². The van der Waals surface area contributed by atoms with E-state index in [9.17, 15) is 9.59 Å². The average molecular weight is 373 g/mol. The van der Waals surface area contributed by atoms with Gasteiger partial charge in [-0.05, 0) is 29.7 Å². The number of nitrogens with zero attached hydrogens (tertiary/aromatic N) is 4. The summed E-state index contributed by atoms with van der Waals surface area (Å²) < 4.78 is 2.09. The number of H-pyrrole nitrogens is 1. The van der Waals surface area contributed by atoms with Crippen LogP contribution in [-0.2, 0) is 6.54 Å². The van der Waals surface area contributed by atoms with Crippen LogP contribution in [0.2, 0.25) is 0 Å². The molecule has 7 heteroatoms. The summed E-state index contributed by atoms with van der Waals surface area (Å²) in [7, 11) is 1.68. The van der Waals surface area contributed by atoms with E-state index in [1.165, 1.54) is 11.1 Å². The molecule has 3 heterocycles. The van der Waals surface area contributed by atoms with E-state index in [1.807, 2.05) is 30.5 Å². The highest BCUT2D eigenvalue weighted by atomic mass is 16.2. The number of amides is 1. The number of nitrogens with one attached hydrogen (secondary N) is 1. The van der Waals surface area contributed by atoms with Gasteiger partial charge in [-0.15, -0.1) is 0 Å². The van der Waals surface area contributed by atoms with Gasteiger partial charge >= 0.3 is 0 Å². The fraction of sp³-hybridized carbons (Fsp3) is 0.143. The lowest BCUT2D eigenvalue weighted by Gasteiger charge is -2.17. The standard InChI is InChI=1S/C21H19N5O2/c1-25(12-13-26-11-9-15-6-2-3-8-18(15)26)21(28)16-14-23-19(24-20(16)27)17-7-4-5-10-22-17/h2-11,14H,12-13H2,1H3,(H,23,24,27). The summed E-state index contributed by atoms with van der Waals surface area (Å²) in [4.78, 5) is 37.6. The van der Waals surface area contributed by atoms with E-state index in [0.717, 1.165) is 10.9 Å². The van der Waals surface area contributed by atoms with Crippen LogP contribution in [0.3, 0.4) is 0 Å². The zero-order valence-electron chi connectivity index (χ0n) is 15.4. The molecule has 1 N–H and O–H groups in total. The monoisotopic (exact) mass is 373 g/mol. The Morgan fingerprint density at radius 3 is 2.71 bits per heavy atom. The number of para-hydroxylation sites is 1. The molecule has 0 fully saturated rings. The van der Waals surface area contributed by atoms with Crippen molar-refractivity contribution in [1.82, 2.24) is 24.4 Å². The van der Waals surface area contributed by atoms with Gasteiger partial charge in [0.15, 0.2) is 5.82 Å². The van der Waals surface area contributed by atoms with Gasteiger partial charge in [-0.3, -0.25) is 14.6 Å². The molecule has 140 valence electrons. The summed E-state index contributed by atoms with van der Waals surface area (Å²) in [6.45, 7) is 1.10. The first-order valence-electron chi connectivity index (χ1n) is 8.93. The van der Waals surface area contributed by atoms with Crippen molar-refractivity contribution in [3.63, 3.8) is 0 Å². The summed E-state index contributed by atoms with van der Waals surface area (Å²) in [5.41, 5.74) is 1.20. The predicted molar refractivity (Wildman–Crippen MR) is 107 cm³/mol. The largest absolute Gasteiger partial charge is 0.346 e. The normalized spacial score (nSPS) is 10.9. The van der Waals surface area contributed by atoms with Crippen LogP contribution in [0.4, 0.5) is 0 Å². The highest BCUT2D eigenvalue weighted by molar-refractivity contribution is 5.93. The third-order valence-electron chi connectivity index (χ3n) is 4.64. The molecule has 1 aromatic carbocycles. The van der Waals surface area contributed by atoms with E-state index >= 15 is 0 Å². The lowest BCUT2D eigenvalue weighted by molar-refractivity contribution is 0.0788. The first-order valence-corrected chi connectivity index (χ1v) is 8.93. The van der Waals surface area contributed by atoms with Crippen LogP contribution < -0.4 is 5.56 Å². The van der Waals surface area contributed by atoms with Crippen molar-refractivity contribution < 1.29 is 4.79 Å². The summed E-state index contributed by atoms with van der Waals surface area (Å²) in [6, 6.07) is 15.5. The maximum absolute atomic E-state index is 12.7. The second-order valence-corrected chi connectivity index (χ2v) is 6.48. The van der Waals surface area contributed by atoms with Gasteiger partial charge in [0.05, 0.1) is 0 Å². The van der Waals surface area contributed by atoms with Gasteiger partial charge in [0.2, 0.25) is 0 Å². The molecule has 0 aliphatic heterocycles. The van der Waals surface area contributed by atoms with Crippen LogP contribution in [0, 0.1) is 0 Å². The maximum Gasteiger partial charge on any atom is 0.264 e. The molecular formula is C21H19N5O2. The number of pyridine rings is 1. The summed E-state index contributed by atoms with van der Waals surface area (Å²) >= 11 is 0. The molecule has 0 bridgehead atoms. The quantitative estimate of drug-likeness (QED) is 0.583. The third kappa shape index (κ3) is 3.42. The van der Waals surface area contributed by atoms with Gasteiger partial charge in [-0.1, -0.05) is 24.3 Å². The summed E-state index contributed by atoms with van der Waals surface area (Å²) in [5.74, 6) is -0.0265. The topological polar surface area (TPSA) is 83.9 Å². The molecule has 0 unspecified atom stereocenters. The van der Waals surface area contributed by atoms with Gasteiger partial charge in [-0.25, -0.2) is 4.98 Å². The van der Waals surface area contributed by atoms with Crippen molar-refractivity contribution in [3.8, 4) is 11.5 Å². The van der Waals surface area contributed by atoms with Crippen molar-refractivity contribution >= 4 is 16.8 Å². The Kier molecular flexibility index (Phi) is 4.72. The number of aromatic nitrogens is 4. The van der Waals surface area contributed by atoms with E-state index in [0.29, 0.717) is 24.6 Å². The van der Waals surface area contributed by atoms with Gasteiger partial charge < -0.3 is 14.5 Å². The van der Waals surface area contributed by atoms with E-state index in [-0.39, 0.29) is 11.5 Å². The van der Waals surface area contributed by atoms with Crippen molar-refractivity contribution in [1.29, 1.82) is 0 Å². The Bertz CT molecular complexity index is 1180. The molecule has 0 saturated carbocycles. The molecule has 1 amide bonds. The minimum atomic E-state index is -0.473. The first-order chi connectivity index (χ1) is 13.6. The second-order valence-electron chi connectivity index (χ2n) is 6.48. The first kappa shape index (κ1) is 17.7. The number of carbonyl (C=O) groups excluding carboxylic acids is 1. The SMILES string of the molecule is CN(CCn1ccc2ccccc21)C(=O)c1cnc(-c2ccccn2)[nH]c1=O. The van der Waals surface area contributed by atoms with Crippen molar-refractivity contribution in [3.05, 3.63) is 83.0 Å². The number of hydrogen-bond acceptors (Lipinski definition) is 4. The predicted octanol–water partition coefficient (Wildman–Crippen LogP) is 2.56. The van der Waals surface area contributed by atoms with Crippen LogP contribution in [0.15, 0.2) is 71.9 Å². The number of likely N-dealkylation sites (N-methyl/N-ethyl adjacent to an activating group) is 1. The highest BCUT2D eigenvalue weighted by Gasteiger charge is 2.17. The molecule has 3 aromatic heterocycles. The van der Waals surface area contributed by atoms with Crippen LogP contribution in [0.5, 0.6) is 0 Å². The Morgan fingerprint density at radius 2 is 1.93 bits per heavy atom. The zero-order valence-corrected chi connectivity index (χ0v) is 15.4. The number of carbonyl (C=O) groups is 1. The van der Waals surface area contributed by atoms with Crippen molar-refractivity contribution in [2.45, 2.75) is 6.54 Å². The fourth-order valence-electron chi connectivity index (χ4n) is 3.08. The summed E-state index contributed by atoms with van der Waals surface area (Å²) in [5, 5.41) is 1.15.